The predicted molar refractivity (Wildman–Crippen MR) is 88.7 cm³/mol. The number of hydrogen-bond acceptors (Lipinski definition) is 2. The van der Waals surface area contributed by atoms with Gasteiger partial charge in [-0.25, -0.2) is 4.39 Å². The molecule has 1 N–H and O–H groups in total. The molecule has 0 unspecified atom stereocenters. The smallest absolute Gasteiger partial charge is 0.146 e. The largest absolute Gasteiger partial charge is 0.381 e. The van der Waals surface area contributed by atoms with Crippen LogP contribution in [0.25, 0.3) is 0 Å². The fraction of sp³-hybridized carbons (Fsp3) is 0.294. The lowest BCUT2D eigenvalue weighted by Crippen LogP contribution is -2.21. The quantitative estimate of drug-likeness (QED) is 0.813. The average Bonchev–Trinajstić information content (AvgIpc) is 2.51. The summed E-state index contributed by atoms with van der Waals surface area (Å²) in [4.78, 5) is 2.28. The van der Waals surface area contributed by atoms with E-state index < -0.39 is 0 Å². The van der Waals surface area contributed by atoms with Gasteiger partial charge in [0, 0.05) is 36.6 Å². The minimum absolute atomic E-state index is 0.159. The van der Waals surface area contributed by atoms with Crippen molar-refractivity contribution in [2.24, 2.45) is 0 Å². The van der Waals surface area contributed by atoms with Crippen LogP contribution >= 0.6 is 11.6 Å². The average molecular weight is 307 g/mol. The van der Waals surface area contributed by atoms with Crippen LogP contribution in [0.1, 0.15) is 19.4 Å². The van der Waals surface area contributed by atoms with Gasteiger partial charge < -0.3 is 10.2 Å². The molecule has 0 atom stereocenters. The highest BCUT2D eigenvalue weighted by molar-refractivity contribution is 6.30. The zero-order valence-electron chi connectivity index (χ0n) is 12.4. The van der Waals surface area contributed by atoms with Gasteiger partial charge in [0.2, 0.25) is 0 Å². The Morgan fingerprint density at radius 2 is 1.71 bits per heavy atom. The van der Waals surface area contributed by atoms with E-state index in [0.717, 1.165) is 18.8 Å². The van der Waals surface area contributed by atoms with Crippen LogP contribution in [0.4, 0.5) is 15.8 Å². The van der Waals surface area contributed by atoms with E-state index in [1.54, 1.807) is 18.2 Å². The van der Waals surface area contributed by atoms with E-state index in [1.807, 2.05) is 12.1 Å². The number of hydrogen-bond donors (Lipinski definition) is 1. The Bertz CT molecular complexity index is 580. The summed E-state index contributed by atoms with van der Waals surface area (Å²) in [5, 5.41) is 3.37. The highest BCUT2D eigenvalue weighted by Crippen LogP contribution is 2.21. The second-order valence-corrected chi connectivity index (χ2v) is 5.19. The van der Waals surface area contributed by atoms with Crippen LogP contribution in [0.5, 0.6) is 0 Å². The Kier molecular flexibility index (Phi) is 5.45. The summed E-state index contributed by atoms with van der Waals surface area (Å²) in [7, 11) is 0. The number of halogens is 2. The van der Waals surface area contributed by atoms with Crippen molar-refractivity contribution in [3.63, 3.8) is 0 Å². The van der Waals surface area contributed by atoms with Crippen molar-refractivity contribution in [1.82, 2.24) is 0 Å². The summed E-state index contributed by atoms with van der Waals surface area (Å²) >= 11 is 5.77. The molecule has 0 radical (unpaired) electrons. The molecule has 0 fully saturated rings. The van der Waals surface area contributed by atoms with Gasteiger partial charge in [-0.15, -0.1) is 0 Å². The van der Waals surface area contributed by atoms with Gasteiger partial charge in [0.05, 0.1) is 5.02 Å². The summed E-state index contributed by atoms with van der Waals surface area (Å²) in [5.41, 5.74) is 2.72. The summed E-state index contributed by atoms with van der Waals surface area (Å²) in [6.07, 6.45) is 0. The second-order valence-electron chi connectivity index (χ2n) is 4.79. The summed E-state index contributed by atoms with van der Waals surface area (Å²) in [5.74, 6) is -0.355. The van der Waals surface area contributed by atoms with Gasteiger partial charge in [-0.2, -0.15) is 0 Å². The monoisotopic (exact) mass is 306 g/mol. The Balaban J connectivity index is 2.02. The predicted octanol–water partition coefficient (Wildman–Crippen LogP) is 4.94. The van der Waals surface area contributed by atoms with E-state index >= 15 is 0 Å². The van der Waals surface area contributed by atoms with E-state index in [1.165, 1.54) is 5.69 Å². The van der Waals surface area contributed by atoms with Gasteiger partial charge in [-0.3, -0.25) is 0 Å². The standard InChI is InChI=1S/C17H20ClFN2/c1-3-21(4-2)15-10-8-14(9-11-15)20-12-13-6-5-7-16(18)17(13)19/h5-11,20H,3-4,12H2,1-2H3. The molecule has 0 aromatic heterocycles. The Morgan fingerprint density at radius 3 is 2.33 bits per heavy atom. The van der Waals surface area contributed by atoms with Crippen LogP contribution < -0.4 is 10.2 Å². The molecule has 0 bridgehead atoms. The molecule has 21 heavy (non-hydrogen) atoms. The molecular weight excluding hydrogens is 287 g/mol. The molecule has 2 rings (SSSR count). The zero-order valence-corrected chi connectivity index (χ0v) is 13.1. The topological polar surface area (TPSA) is 15.3 Å². The van der Waals surface area contributed by atoms with Crippen molar-refractivity contribution in [3.8, 4) is 0 Å². The molecule has 2 aromatic carbocycles. The van der Waals surface area contributed by atoms with Crippen molar-refractivity contribution in [3.05, 3.63) is 58.9 Å². The van der Waals surface area contributed by atoms with Gasteiger partial charge in [-0.1, -0.05) is 23.7 Å². The van der Waals surface area contributed by atoms with Gasteiger partial charge in [0.15, 0.2) is 0 Å². The third-order valence-corrected chi connectivity index (χ3v) is 3.80. The first kappa shape index (κ1) is 15.6. The maximum absolute atomic E-state index is 13.8. The molecular formula is C17H20ClFN2. The Labute approximate surface area is 130 Å². The normalized spacial score (nSPS) is 10.5. The highest BCUT2D eigenvalue weighted by atomic mass is 35.5. The number of benzene rings is 2. The van der Waals surface area contributed by atoms with E-state index in [9.17, 15) is 4.39 Å². The van der Waals surface area contributed by atoms with Crippen molar-refractivity contribution in [2.75, 3.05) is 23.3 Å². The van der Waals surface area contributed by atoms with Crippen molar-refractivity contribution in [2.45, 2.75) is 20.4 Å². The summed E-state index contributed by atoms with van der Waals surface area (Å²) < 4.78 is 13.8. The fourth-order valence-electron chi connectivity index (χ4n) is 2.26. The van der Waals surface area contributed by atoms with Crippen molar-refractivity contribution >= 4 is 23.0 Å². The van der Waals surface area contributed by atoms with E-state index in [-0.39, 0.29) is 10.8 Å². The highest BCUT2D eigenvalue weighted by Gasteiger charge is 2.06. The molecule has 0 aliphatic heterocycles. The molecule has 4 heteroatoms. The fourth-order valence-corrected chi connectivity index (χ4v) is 2.46. The summed E-state index contributed by atoms with van der Waals surface area (Å²) in [6, 6.07) is 13.2. The van der Waals surface area contributed by atoms with Gasteiger partial charge in [0.1, 0.15) is 5.82 Å². The van der Waals surface area contributed by atoms with Gasteiger partial charge in [0.25, 0.3) is 0 Å². The molecule has 2 aromatic rings. The van der Waals surface area contributed by atoms with Crippen LogP contribution in [0.2, 0.25) is 5.02 Å². The van der Waals surface area contributed by atoms with E-state index in [2.05, 4.69) is 36.2 Å². The Hall–Kier alpha value is -1.74. The van der Waals surface area contributed by atoms with E-state index in [4.69, 9.17) is 11.6 Å². The molecule has 2 nitrogen and oxygen atoms in total. The maximum atomic E-state index is 13.8. The lowest BCUT2D eigenvalue weighted by Gasteiger charge is -2.21. The van der Waals surface area contributed by atoms with Crippen LogP contribution in [0.3, 0.4) is 0 Å². The zero-order chi connectivity index (χ0) is 15.2. The number of nitrogens with one attached hydrogen (secondary N) is 1. The lowest BCUT2D eigenvalue weighted by molar-refractivity contribution is 0.613. The Morgan fingerprint density at radius 1 is 1.05 bits per heavy atom. The first-order valence-electron chi connectivity index (χ1n) is 7.17. The molecule has 0 aliphatic carbocycles. The minimum Gasteiger partial charge on any atom is -0.381 e. The van der Waals surface area contributed by atoms with Crippen LogP contribution in [-0.4, -0.2) is 13.1 Å². The molecule has 0 saturated carbocycles. The minimum atomic E-state index is -0.355. The SMILES string of the molecule is CCN(CC)c1ccc(NCc2cccc(Cl)c2F)cc1. The number of nitrogens with zero attached hydrogens (tertiary/aromatic N) is 1. The van der Waals surface area contributed by atoms with Crippen LogP contribution in [0.15, 0.2) is 42.5 Å². The maximum Gasteiger partial charge on any atom is 0.146 e. The van der Waals surface area contributed by atoms with E-state index in [0.29, 0.717) is 12.1 Å². The van der Waals surface area contributed by atoms with Crippen LogP contribution in [0, 0.1) is 5.82 Å². The summed E-state index contributed by atoms with van der Waals surface area (Å²) in [6.45, 7) is 6.65. The van der Waals surface area contributed by atoms with Gasteiger partial charge >= 0.3 is 0 Å². The first-order chi connectivity index (χ1) is 10.2. The molecule has 0 amide bonds. The number of anilines is 2. The molecule has 0 saturated heterocycles. The van der Waals surface area contributed by atoms with Crippen LogP contribution in [-0.2, 0) is 6.54 Å². The third kappa shape index (κ3) is 3.88. The molecule has 0 aliphatic rings. The van der Waals surface area contributed by atoms with Gasteiger partial charge in [-0.05, 0) is 44.2 Å². The van der Waals surface area contributed by atoms with Crippen molar-refractivity contribution in [1.29, 1.82) is 0 Å². The molecule has 0 heterocycles. The third-order valence-electron chi connectivity index (χ3n) is 3.51. The first-order valence-corrected chi connectivity index (χ1v) is 7.55. The molecule has 0 spiro atoms. The van der Waals surface area contributed by atoms with Crippen molar-refractivity contribution < 1.29 is 4.39 Å². The molecule has 112 valence electrons. The number of rotatable bonds is 6. The lowest BCUT2D eigenvalue weighted by atomic mass is 10.2. The second kappa shape index (κ2) is 7.32.